The van der Waals surface area contributed by atoms with E-state index in [2.05, 4.69) is 58.7 Å². The van der Waals surface area contributed by atoms with Crippen molar-refractivity contribution in [2.75, 3.05) is 26.2 Å². The highest BCUT2D eigenvalue weighted by Gasteiger charge is 2.40. The summed E-state index contributed by atoms with van der Waals surface area (Å²) < 4.78 is 2.33. The molecule has 2 aliphatic heterocycles. The Hall–Kier alpha value is -1.81. The van der Waals surface area contributed by atoms with E-state index >= 15 is 0 Å². The van der Waals surface area contributed by atoms with Gasteiger partial charge in [-0.05, 0) is 62.2 Å². The van der Waals surface area contributed by atoms with Crippen LogP contribution in [0.2, 0.25) is 0 Å². The van der Waals surface area contributed by atoms with E-state index in [0.717, 1.165) is 45.6 Å². The Morgan fingerprint density at radius 2 is 1.88 bits per heavy atom. The number of carbonyl (C=O) groups excluding carboxylic acids is 1. The molecule has 1 aromatic heterocycles. The molecule has 2 saturated heterocycles. The van der Waals surface area contributed by atoms with Gasteiger partial charge in [0.25, 0.3) is 0 Å². The summed E-state index contributed by atoms with van der Waals surface area (Å²) in [6.07, 6.45) is 4.28. The molecule has 4 heteroatoms. The van der Waals surface area contributed by atoms with E-state index < -0.39 is 0 Å². The van der Waals surface area contributed by atoms with Crippen molar-refractivity contribution in [1.29, 1.82) is 0 Å². The predicted octanol–water partition coefficient (Wildman–Crippen LogP) is 3.40. The number of para-hydroxylation sites is 1. The molecule has 0 aliphatic carbocycles. The second-order valence-electron chi connectivity index (χ2n) is 7.94. The fraction of sp³-hybridized carbons (Fsp3) is 0.571. The van der Waals surface area contributed by atoms with Gasteiger partial charge in [-0.3, -0.25) is 9.69 Å². The first kappa shape index (κ1) is 16.6. The lowest BCUT2D eigenvalue weighted by atomic mass is 9.72. The number of aryl methyl sites for hydroxylation is 1. The van der Waals surface area contributed by atoms with Gasteiger partial charge in [-0.25, -0.2) is 0 Å². The molecule has 0 N–H and O–H groups in total. The van der Waals surface area contributed by atoms with Crippen LogP contribution in [0.15, 0.2) is 30.3 Å². The molecular formula is C21H29N3O. The predicted molar refractivity (Wildman–Crippen MR) is 101 cm³/mol. The zero-order valence-electron chi connectivity index (χ0n) is 15.5. The SMILES string of the molecule is CCN1CC2(CCC1=O)CCN(Cc1cc3ccccc3n1C)CC2. The van der Waals surface area contributed by atoms with Crippen molar-refractivity contribution in [3.05, 3.63) is 36.0 Å². The number of benzene rings is 1. The molecule has 0 bridgehead atoms. The fourth-order valence-electron chi connectivity index (χ4n) is 4.71. The Labute approximate surface area is 150 Å². The van der Waals surface area contributed by atoms with Crippen LogP contribution in [0, 0.1) is 5.41 Å². The van der Waals surface area contributed by atoms with Crippen molar-refractivity contribution >= 4 is 16.8 Å². The van der Waals surface area contributed by atoms with Gasteiger partial charge < -0.3 is 9.47 Å². The number of hydrogen-bond donors (Lipinski definition) is 0. The van der Waals surface area contributed by atoms with Gasteiger partial charge in [0.15, 0.2) is 0 Å². The zero-order chi connectivity index (χ0) is 17.4. The number of aromatic nitrogens is 1. The van der Waals surface area contributed by atoms with Gasteiger partial charge in [0.1, 0.15) is 0 Å². The van der Waals surface area contributed by atoms with Crippen LogP contribution in [-0.4, -0.2) is 46.5 Å². The number of fused-ring (bicyclic) bond motifs is 1. The van der Waals surface area contributed by atoms with Crippen LogP contribution in [0.25, 0.3) is 10.9 Å². The molecule has 134 valence electrons. The minimum Gasteiger partial charge on any atom is -0.346 e. The summed E-state index contributed by atoms with van der Waals surface area (Å²) in [5, 5.41) is 1.33. The minimum absolute atomic E-state index is 0.353. The van der Waals surface area contributed by atoms with Crippen LogP contribution < -0.4 is 0 Å². The molecule has 2 aromatic rings. The molecular weight excluding hydrogens is 310 g/mol. The number of rotatable bonds is 3. The lowest BCUT2D eigenvalue weighted by Crippen LogP contribution is -2.51. The van der Waals surface area contributed by atoms with Gasteiger partial charge in [-0.15, -0.1) is 0 Å². The molecule has 2 fully saturated rings. The van der Waals surface area contributed by atoms with E-state index in [1.54, 1.807) is 0 Å². The second-order valence-corrected chi connectivity index (χ2v) is 7.94. The summed E-state index contributed by atoms with van der Waals surface area (Å²) in [6, 6.07) is 10.9. The van der Waals surface area contributed by atoms with Crippen molar-refractivity contribution in [2.45, 2.75) is 39.2 Å². The Balaban J connectivity index is 1.42. The van der Waals surface area contributed by atoms with E-state index in [4.69, 9.17) is 0 Å². The molecule has 1 spiro atoms. The topological polar surface area (TPSA) is 28.5 Å². The first-order valence-electron chi connectivity index (χ1n) is 9.64. The quantitative estimate of drug-likeness (QED) is 0.857. The van der Waals surface area contributed by atoms with Crippen LogP contribution in [0.1, 0.15) is 38.3 Å². The molecule has 0 saturated carbocycles. The highest BCUT2D eigenvalue weighted by atomic mass is 16.2. The van der Waals surface area contributed by atoms with Crippen LogP contribution in [0.3, 0.4) is 0 Å². The highest BCUT2D eigenvalue weighted by Crippen LogP contribution is 2.40. The Morgan fingerprint density at radius 1 is 1.12 bits per heavy atom. The van der Waals surface area contributed by atoms with Crippen molar-refractivity contribution in [3.63, 3.8) is 0 Å². The Morgan fingerprint density at radius 3 is 2.60 bits per heavy atom. The van der Waals surface area contributed by atoms with Crippen LogP contribution in [0.4, 0.5) is 0 Å². The fourth-order valence-corrected chi connectivity index (χ4v) is 4.71. The molecule has 0 unspecified atom stereocenters. The first-order chi connectivity index (χ1) is 12.1. The third-order valence-corrected chi connectivity index (χ3v) is 6.48. The molecule has 3 heterocycles. The van der Waals surface area contributed by atoms with Crippen molar-refractivity contribution in [1.82, 2.24) is 14.4 Å². The molecule has 0 radical (unpaired) electrons. The number of nitrogens with zero attached hydrogens (tertiary/aromatic N) is 3. The number of likely N-dealkylation sites (tertiary alicyclic amines) is 2. The summed E-state index contributed by atoms with van der Waals surface area (Å²) in [5.41, 5.74) is 3.08. The van der Waals surface area contributed by atoms with Gasteiger partial charge in [0.2, 0.25) is 5.91 Å². The minimum atomic E-state index is 0.353. The average Bonchev–Trinajstić information content (AvgIpc) is 2.95. The van der Waals surface area contributed by atoms with Gasteiger partial charge >= 0.3 is 0 Å². The smallest absolute Gasteiger partial charge is 0.222 e. The number of hydrogen-bond acceptors (Lipinski definition) is 2. The molecule has 4 nitrogen and oxygen atoms in total. The molecule has 2 aliphatic rings. The van der Waals surface area contributed by atoms with Crippen molar-refractivity contribution < 1.29 is 4.79 Å². The van der Waals surface area contributed by atoms with Gasteiger partial charge in [0, 0.05) is 44.3 Å². The van der Waals surface area contributed by atoms with E-state index in [0.29, 0.717) is 11.3 Å². The summed E-state index contributed by atoms with van der Waals surface area (Å²) in [4.78, 5) is 16.7. The van der Waals surface area contributed by atoms with E-state index in [1.165, 1.54) is 29.4 Å². The summed E-state index contributed by atoms with van der Waals surface area (Å²) in [5.74, 6) is 0.353. The van der Waals surface area contributed by atoms with Crippen LogP contribution in [0.5, 0.6) is 0 Å². The molecule has 0 atom stereocenters. The second kappa shape index (κ2) is 6.49. The largest absolute Gasteiger partial charge is 0.346 e. The maximum Gasteiger partial charge on any atom is 0.222 e. The normalized spacial score (nSPS) is 21.4. The third kappa shape index (κ3) is 3.08. The zero-order valence-corrected chi connectivity index (χ0v) is 15.5. The van der Waals surface area contributed by atoms with E-state index in [1.807, 2.05) is 0 Å². The van der Waals surface area contributed by atoms with E-state index in [-0.39, 0.29) is 0 Å². The monoisotopic (exact) mass is 339 g/mol. The van der Waals surface area contributed by atoms with Crippen LogP contribution in [-0.2, 0) is 18.4 Å². The maximum absolute atomic E-state index is 12.0. The van der Waals surface area contributed by atoms with Gasteiger partial charge in [0.05, 0.1) is 0 Å². The van der Waals surface area contributed by atoms with Crippen molar-refractivity contribution in [3.8, 4) is 0 Å². The first-order valence-corrected chi connectivity index (χ1v) is 9.64. The van der Waals surface area contributed by atoms with Crippen LogP contribution >= 0.6 is 0 Å². The standard InChI is InChI=1S/C21H29N3O/c1-3-24-16-21(9-8-20(24)25)10-12-23(13-11-21)15-18-14-17-6-4-5-7-19(17)22(18)2/h4-7,14H,3,8-13,15-16H2,1-2H3. The lowest BCUT2D eigenvalue weighted by molar-refractivity contribution is -0.138. The summed E-state index contributed by atoms with van der Waals surface area (Å²) in [7, 11) is 2.18. The van der Waals surface area contributed by atoms with Gasteiger partial charge in [-0.2, -0.15) is 0 Å². The maximum atomic E-state index is 12.0. The summed E-state index contributed by atoms with van der Waals surface area (Å²) in [6.45, 7) is 7.26. The molecule has 1 aromatic carbocycles. The Kier molecular flexibility index (Phi) is 4.32. The number of piperidine rings is 2. The number of carbonyl (C=O) groups is 1. The molecule has 4 rings (SSSR count). The highest BCUT2D eigenvalue weighted by molar-refractivity contribution is 5.81. The van der Waals surface area contributed by atoms with Gasteiger partial charge in [-0.1, -0.05) is 18.2 Å². The molecule has 1 amide bonds. The average molecular weight is 339 g/mol. The third-order valence-electron chi connectivity index (χ3n) is 6.48. The molecule has 25 heavy (non-hydrogen) atoms. The lowest BCUT2D eigenvalue weighted by Gasteiger charge is -2.47. The number of amides is 1. The summed E-state index contributed by atoms with van der Waals surface area (Å²) >= 11 is 0. The van der Waals surface area contributed by atoms with E-state index in [9.17, 15) is 4.79 Å². The van der Waals surface area contributed by atoms with Crippen molar-refractivity contribution in [2.24, 2.45) is 12.5 Å². The Bertz CT molecular complexity index is 771.